The van der Waals surface area contributed by atoms with E-state index in [2.05, 4.69) is 42.7 Å². The smallest absolute Gasteiger partial charge is 0.152 e. The van der Waals surface area contributed by atoms with Gasteiger partial charge in [0.05, 0.1) is 0 Å². The van der Waals surface area contributed by atoms with Gasteiger partial charge in [-0.15, -0.1) is 0 Å². The molecule has 0 aliphatic heterocycles. The van der Waals surface area contributed by atoms with E-state index in [0.717, 1.165) is 13.0 Å². The van der Waals surface area contributed by atoms with Crippen LogP contribution in [-0.4, -0.2) is 16.8 Å². The minimum Gasteiger partial charge on any atom is -0.447 e. The summed E-state index contributed by atoms with van der Waals surface area (Å²) >= 11 is 0. The third-order valence-corrected chi connectivity index (χ3v) is 3.43. The highest BCUT2D eigenvalue weighted by Gasteiger charge is 2.22. The van der Waals surface area contributed by atoms with Crippen molar-refractivity contribution in [1.82, 2.24) is 0 Å². The van der Waals surface area contributed by atoms with Gasteiger partial charge in [0.15, 0.2) is 10.2 Å². The van der Waals surface area contributed by atoms with Crippen LogP contribution < -0.4 is 0 Å². The van der Waals surface area contributed by atoms with Crippen molar-refractivity contribution in [2.45, 2.75) is 52.9 Å². The van der Waals surface area contributed by atoms with Gasteiger partial charge in [0, 0.05) is 0 Å². The topological polar surface area (TPSA) is 9.23 Å². The highest BCUT2D eigenvalue weighted by atomic mass is 28.1. The van der Waals surface area contributed by atoms with E-state index in [4.69, 9.17) is 4.74 Å². The first-order valence-corrected chi connectivity index (χ1v) is 6.03. The Kier molecular flexibility index (Phi) is 7.69. The van der Waals surface area contributed by atoms with Gasteiger partial charge in [-0.05, 0) is 18.3 Å². The van der Waals surface area contributed by atoms with Crippen molar-refractivity contribution in [3.63, 3.8) is 0 Å². The van der Waals surface area contributed by atoms with Crippen molar-refractivity contribution in [3.05, 3.63) is 0 Å². The normalized spacial score (nSPS) is 10.6. The predicted octanol–water partition coefficient (Wildman–Crippen LogP) is 3.09. The summed E-state index contributed by atoms with van der Waals surface area (Å²) in [6.45, 7) is 7.60. The molecule has 0 spiro atoms. The Labute approximate surface area is 92.0 Å². The molecule has 0 aliphatic rings. The van der Waals surface area contributed by atoms with Crippen molar-refractivity contribution >= 4 is 10.2 Å². The van der Waals surface area contributed by atoms with E-state index in [1.807, 2.05) is 0 Å². The van der Waals surface area contributed by atoms with Crippen LogP contribution >= 0.6 is 0 Å². The Balaban J connectivity index is 3.75. The Morgan fingerprint density at radius 2 is 1.71 bits per heavy atom. The average Bonchev–Trinajstić information content (AvgIpc) is 2.24. The molecule has 0 rings (SSSR count). The maximum Gasteiger partial charge on any atom is 0.152 e. The second kappa shape index (κ2) is 7.93. The summed E-state index contributed by atoms with van der Waals surface area (Å²) in [5.41, 5.74) is 3.07. The van der Waals surface area contributed by atoms with E-state index < -0.39 is 0 Å². The van der Waals surface area contributed by atoms with E-state index in [-0.39, 0.29) is 0 Å². The zero-order valence-corrected chi connectivity index (χ0v) is 10.7. The van der Waals surface area contributed by atoms with Crippen molar-refractivity contribution in [2.24, 2.45) is 5.41 Å². The molecule has 0 aromatic heterocycles. The minimum absolute atomic E-state index is 0.532. The van der Waals surface area contributed by atoms with Crippen LogP contribution in [-0.2, 0) is 4.74 Å². The molecule has 0 saturated heterocycles. The highest BCUT2D eigenvalue weighted by molar-refractivity contribution is 6.22. The Hall–Kier alpha value is -0.423. The summed E-state index contributed by atoms with van der Waals surface area (Å²) in [6, 6.07) is 0. The number of hydrogen-bond acceptors (Lipinski definition) is 1. The van der Waals surface area contributed by atoms with Crippen molar-refractivity contribution in [3.8, 4) is 11.7 Å². The van der Waals surface area contributed by atoms with E-state index >= 15 is 0 Å². The fourth-order valence-electron chi connectivity index (χ4n) is 1.89. The molecule has 1 nitrogen and oxygen atoms in total. The fraction of sp³-hybridized carbons (Fsp3) is 0.833. The fourth-order valence-corrected chi connectivity index (χ4v) is 1.96. The standard InChI is InChI=1S/C12H21OSi/c1-4-12(5-2,6-3)8-7-9-13-10-11-14/h4-9H2,1-3H3. The van der Waals surface area contributed by atoms with Crippen LogP contribution in [0, 0.1) is 17.1 Å². The van der Waals surface area contributed by atoms with Gasteiger partial charge in [-0.1, -0.05) is 45.6 Å². The van der Waals surface area contributed by atoms with Gasteiger partial charge in [-0.3, -0.25) is 0 Å². The maximum absolute atomic E-state index is 5.10. The van der Waals surface area contributed by atoms with E-state index in [0.29, 0.717) is 5.41 Å². The van der Waals surface area contributed by atoms with E-state index in [1.54, 1.807) is 0 Å². The molecule has 3 radical (unpaired) electrons. The van der Waals surface area contributed by atoms with Gasteiger partial charge in [0.1, 0.15) is 12.7 Å². The molecule has 0 heterocycles. The lowest BCUT2D eigenvalue weighted by atomic mass is 9.76. The molecule has 0 bridgehead atoms. The summed E-state index contributed by atoms with van der Waals surface area (Å²) in [6.07, 6.45) is 8.71. The van der Waals surface area contributed by atoms with Gasteiger partial charge < -0.3 is 4.74 Å². The summed E-state index contributed by atoms with van der Waals surface area (Å²) < 4.78 is 5.10. The van der Waals surface area contributed by atoms with Crippen LogP contribution in [0.1, 0.15) is 52.9 Å². The van der Waals surface area contributed by atoms with Crippen LogP contribution in [0.5, 0.6) is 0 Å². The van der Waals surface area contributed by atoms with Crippen molar-refractivity contribution in [2.75, 3.05) is 6.61 Å². The lowest BCUT2D eigenvalue weighted by Gasteiger charge is -2.30. The van der Waals surface area contributed by atoms with Crippen LogP contribution in [0.2, 0.25) is 0 Å². The Morgan fingerprint density at radius 1 is 1.14 bits per heavy atom. The summed E-state index contributed by atoms with van der Waals surface area (Å²) in [4.78, 5) is 0. The Morgan fingerprint density at radius 3 is 2.14 bits per heavy atom. The lowest BCUT2D eigenvalue weighted by Crippen LogP contribution is -2.18. The largest absolute Gasteiger partial charge is 0.447 e. The molecule has 0 fully saturated rings. The molecular formula is C12H21OSi. The molecule has 0 N–H and O–H groups in total. The van der Waals surface area contributed by atoms with Crippen molar-refractivity contribution in [1.29, 1.82) is 0 Å². The maximum atomic E-state index is 5.10. The third-order valence-electron chi connectivity index (χ3n) is 3.33. The minimum atomic E-state index is 0.532. The SMILES string of the molecule is CCC(CC)(CC)CCCOC#C[Si]. The second-order valence-corrected chi connectivity index (χ2v) is 3.99. The molecule has 79 valence electrons. The van der Waals surface area contributed by atoms with Crippen LogP contribution in [0.4, 0.5) is 0 Å². The molecule has 0 saturated carbocycles. The predicted molar refractivity (Wildman–Crippen MR) is 62.0 cm³/mol. The molecule has 0 aromatic carbocycles. The highest BCUT2D eigenvalue weighted by Crippen LogP contribution is 2.35. The molecule has 14 heavy (non-hydrogen) atoms. The molecular weight excluding hydrogens is 188 g/mol. The summed E-state index contributed by atoms with van der Waals surface area (Å²) in [5.74, 6) is 0. The number of hydrogen-bond donors (Lipinski definition) is 0. The van der Waals surface area contributed by atoms with Crippen LogP contribution in [0.25, 0.3) is 0 Å². The summed E-state index contributed by atoms with van der Waals surface area (Å²) in [5, 5.41) is 0. The first-order chi connectivity index (χ1) is 6.74. The zero-order valence-electron chi connectivity index (χ0n) is 9.65. The molecule has 0 atom stereocenters. The third kappa shape index (κ3) is 4.71. The molecule has 0 aromatic rings. The summed E-state index contributed by atoms with van der Waals surface area (Å²) in [7, 11) is 3.04. The first kappa shape index (κ1) is 13.6. The molecule has 0 aliphatic carbocycles. The van der Waals surface area contributed by atoms with E-state index in [1.165, 1.54) is 25.7 Å². The molecule has 2 heteroatoms. The zero-order chi connectivity index (χ0) is 10.9. The quantitative estimate of drug-likeness (QED) is 0.356. The Bertz CT molecular complexity index is 178. The lowest BCUT2D eigenvalue weighted by molar-refractivity contribution is 0.188. The van der Waals surface area contributed by atoms with Gasteiger partial charge in [-0.2, -0.15) is 0 Å². The number of rotatable bonds is 7. The van der Waals surface area contributed by atoms with Gasteiger partial charge >= 0.3 is 0 Å². The number of ether oxygens (including phenoxy) is 1. The monoisotopic (exact) mass is 209 g/mol. The van der Waals surface area contributed by atoms with Crippen molar-refractivity contribution < 1.29 is 4.74 Å². The van der Waals surface area contributed by atoms with Gasteiger partial charge in [0.25, 0.3) is 0 Å². The van der Waals surface area contributed by atoms with E-state index in [9.17, 15) is 0 Å². The second-order valence-electron chi connectivity index (χ2n) is 3.74. The average molecular weight is 209 g/mol. The molecule has 0 unspecified atom stereocenters. The van der Waals surface area contributed by atoms with Gasteiger partial charge in [0.2, 0.25) is 0 Å². The molecule has 0 amide bonds. The van der Waals surface area contributed by atoms with Crippen LogP contribution in [0.15, 0.2) is 0 Å². The first-order valence-electron chi connectivity index (χ1n) is 5.53. The van der Waals surface area contributed by atoms with Gasteiger partial charge in [-0.25, -0.2) is 0 Å². The van der Waals surface area contributed by atoms with Crippen LogP contribution in [0.3, 0.4) is 0 Å².